The summed E-state index contributed by atoms with van der Waals surface area (Å²) in [5.74, 6) is -0.948. The number of hydrogen-bond acceptors (Lipinski definition) is 6. The molecule has 0 spiro atoms. The summed E-state index contributed by atoms with van der Waals surface area (Å²) in [4.78, 5) is 31.3. The van der Waals surface area contributed by atoms with Crippen LogP contribution in [-0.4, -0.2) is 66.1 Å². The van der Waals surface area contributed by atoms with Crippen molar-refractivity contribution in [1.82, 2.24) is 20.1 Å². The number of para-hydroxylation sites is 1. The van der Waals surface area contributed by atoms with Crippen molar-refractivity contribution in [2.24, 2.45) is 0 Å². The number of nitrogens with one attached hydrogen (secondary N) is 2. The van der Waals surface area contributed by atoms with E-state index in [1.807, 2.05) is 67.0 Å². The minimum atomic E-state index is -0.863. The van der Waals surface area contributed by atoms with E-state index < -0.39 is 17.9 Å². The van der Waals surface area contributed by atoms with E-state index in [4.69, 9.17) is 26.2 Å². The molecule has 1 unspecified atom stereocenters. The van der Waals surface area contributed by atoms with Crippen molar-refractivity contribution in [2.75, 3.05) is 38.3 Å². The van der Waals surface area contributed by atoms with Gasteiger partial charge in [0.1, 0.15) is 6.04 Å². The van der Waals surface area contributed by atoms with Gasteiger partial charge in [0.25, 0.3) is 0 Å². The monoisotopic (exact) mass is 609 g/mol. The summed E-state index contributed by atoms with van der Waals surface area (Å²) in [6.45, 7) is 3.11. The number of amides is 1. The number of morpholine rings is 1. The molecular weight excluding hydrogens is 578 g/mol. The zero-order valence-corrected chi connectivity index (χ0v) is 25.0. The Morgan fingerprint density at radius 2 is 1.86 bits per heavy atom. The van der Waals surface area contributed by atoms with Gasteiger partial charge in [0.2, 0.25) is 5.91 Å². The lowest BCUT2D eigenvalue weighted by atomic mass is 10.0. The molecule has 1 fully saturated rings. The summed E-state index contributed by atoms with van der Waals surface area (Å²) in [5.41, 5.74) is 6.10. The Labute approximate surface area is 260 Å². The third-order valence-corrected chi connectivity index (χ3v) is 7.88. The maximum absolute atomic E-state index is 13.2. The average molecular weight is 610 g/mol. The van der Waals surface area contributed by atoms with Gasteiger partial charge in [-0.15, -0.1) is 0 Å². The van der Waals surface area contributed by atoms with Gasteiger partial charge in [-0.05, 0) is 48.0 Å². The number of ether oxygens (including phenoxy) is 2. The van der Waals surface area contributed by atoms with E-state index in [1.165, 1.54) is 13.2 Å². The van der Waals surface area contributed by atoms with Crippen LogP contribution in [0.3, 0.4) is 0 Å². The van der Waals surface area contributed by atoms with Gasteiger partial charge in [-0.1, -0.05) is 48.0 Å². The molecule has 1 atom stereocenters. The number of carbonyl (C=O) groups excluding carboxylic acids is 2. The molecular formula is C34H32ClN5O4. The zero-order chi connectivity index (χ0) is 30.5. The van der Waals surface area contributed by atoms with Gasteiger partial charge in [0.15, 0.2) is 0 Å². The van der Waals surface area contributed by atoms with Gasteiger partial charge >= 0.3 is 5.97 Å². The molecule has 3 heterocycles. The third kappa shape index (κ3) is 6.54. The number of aromatic amines is 1. The lowest BCUT2D eigenvalue weighted by Crippen LogP contribution is -2.42. The van der Waals surface area contributed by atoms with Crippen LogP contribution in [0, 0.1) is 0 Å². The summed E-state index contributed by atoms with van der Waals surface area (Å²) in [5, 5.41) is 9.25. The summed E-state index contributed by atoms with van der Waals surface area (Å²) < 4.78 is 12.2. The minimum absolute atomic E-state index is 0.281. The predicted molar refractivity (Wildman–Crippen MR) is 172 cm³/mol. The van der Waals surface area contributed by atoms with Crippen molar-refractivity contribution in [3.05, 3.63) is 107 Å². The number of anilines is 1. The number of nitrogens with zero attached hydrogens (tertiary/aromatic N) is 3. The SMILES string of the molecule is COC(=O)C(Cc1c[nH]c2ccccc12)NC(=O)/C=C\c1cn(-c2cccc(Cl)c2)nc1-c1ccc(N2CCOCC2)cc1. The number of aromatic nitrogens is 3. The average Bonchev–Trinajstić information content (AvgIpc) is 3.68. The molecule has 3 aromatic carbocycles. The van der Waals surface area contributed by atoms with Crippen LogP contribution in [0.4, 0.5) is 5.69 Å². The van der Waals surface area contributed by atoms with E-state index in [-0.39, 0.29) is 6.42 Å². The second kappa shape index (κ2) is 13.2. The predicted octanol–water partition coefficient (Wildman–Crippen LogP) is 5.42. The van der Waals surface area contributed by atoms with Gasteiger partial charge in [0, 0.05) is 70.7 Å². The number of rotatable bonds is 9. The van der Waals surface area contributed by atoms with Gasteiger partial charge in [-0.3, -0.25) is 4.79 Å². The minimum Gasteiger partial charge on any atom is -0.467 e. The van der Waals surface area contributed by atoms with Crippen LogP contribution in [0.1, 0.15) is 11.1 Å². The third-order valence-electron chi connectivity index (χ3n) is 7.65. The summed E-state index contributed by atoms with van der Waals surface area (Å²) >= 11 is 6.26. The molecule has 2 N–H and O–H groups in total. The number of methoxy groups -OCH3 is 1. The first-order chi connectivity index (χ1) is 21.5. The van der Waals surface area contributed by atoms with E-state index in [1.54, 1.807) is 16.8 Å². The summed E-state index contributed by atoms with van der Waals surface area (Å²) in [6, 6.07) is 22.6. The van der Waals surface area contributed by atoms with Gasteiger partial charge in [-0.25, -0.2) is 9.48 Å². The largest absolute Gasteiger partial charge is 0.467 e. The molecule has 1 aliphatic heterocycles. The first-order valence-corrected chi connectivity index (χ1v) is 14.8. The Hall–Kier alpha value is -4.86. The van der Waals surface area contributed by atoms with E-state index in [9.17, 15) is 9.59 Å². The second-order valence-corrected chi connectivity index (χ2v) is 10.9. The standard InChI is InChI=1S/C34H32ClN5O4/c1-43-34(42)31(19-25-21-36-30-8-3-2-7-29(25)30)37-32(41)14-11-24-22-40(28-6-4-5-26(35)20-28)38-33(24)23-9-12-27(13-10-23)39-15-17-44-18-16-39/h2-14,20-22,31,36H,15-19H2,1H3,(H,37,41)/b14-11-. The van der Waals surface area contributed by atoms with Crippen LogP contribution in [-0.2, 0) is 25.5 Å². The number of fused-ring (bicyclic) bond motifs is 1. The lowest BCUT2D eigenvalue weighted by Gasteiger charge is -2.28. The molecule has 1 saturated heterocycles. The molecule has 0 bridgehead atoms. The molecule has 0 aliphatic carbocycles. The first-order valence-electron chi connectivity index (χ1n) is 14.4. The Morgan fingerprint density at radius 3 is 2.64 bits per heavy atom. The molecule has 2 aromatic heterocycles. The van der Waals surface area contributed by atoms with Crippen LogP contribution in [0.15, 0.2) is 91.3 Å². The zero-order valence-electron chi connectivity index (χ0n) is 24.2. The molecule has 0 radical (unpaired) electrons. The highest BCUT2D eigenvalue weighted by Crippen LogP contribution is 2.28. The highest BCUT2D eigenvalue weighted by molar-refractivity contribution is 6.30. The normalized spacial score (nSPS) is 14.2. The number of halogens is 1. The van der Waals surface area contributed by atoms with Crippen LogP contribution >= 0.6 is 11.6 Å². The maximum Gasteiger partial charge on any atom is 0.328 e. The molecule has 5 aromatic rings. The second-order valence-electron chi connectivity index (χ2n) is 10.5. The first kappa shape index (κ1) is 29.2. The van der Waals surface area contributed by atoms with Crippen molar-refractivity contribution in [1.29, 1.82) is 0 Å². The number of esters is 1. The molecule has 224 valence electrons. The fourth-order valence-corrected chi connectivity index (χ4v) is 5.56. The Balaban J connectivity index is 1.26. The highest BCUT2D eigenvalue weighted by atomic mass is 35.5. The highest BCUT2D eigenvalue weighted by Gasteiger charge is 2.23. The van der Waals surface area contributed by atoms with Crippen molar-refractivity contribution >= 4 is 46.1 Å². The van der Waals surface area contributed by atoms with Crippen molar-refractivity contribution < 1.29 is 19.1 Å². The van der Waals surface area contributed by atoms with Gasteiger partial charge < -0.3 is 24.7 Å². The Morgan fingerprint density at radius 1 is 1.07 bits per heavy atom. The molecule has 1 amide bonds. The van der Waals surface area contributed by atoms with E-state index in [0.717, 1.165) is 52.1 Å². The quantitative estimate of drug-likeness (QED) is 0.171. The fourth-order valence-electron chi connectivity index (χ4n) is 5.38. The summed E-state index contributed by atoms with van der Waals surface area (Å²) in [6.07, 6.45) is 7.10. The van der Waals surface area contributed by atoms with Crippen molar-refractivity contribution in [3.63, 3.8) is 0 Å². The van der Waals surface area contributed by atoms with Crippen molar-refractivity contribution in [3.8, 4) is 16.9 Å². The fraction of sp³-hybridized carbons (Fsp3) is 0.206. The molecule has 6 rings (SSSR count). The summed E-state index contributed by atoms with van der Waals surface area (Å²) in [7, 11) is 1.31. The Bertz CT molecular complexity index is 1800. The molecule has 9 nitrogen and oxygen atoms in total. The molecule has 44 heavy (non-hydrogen) atoms. The van der Waals surface area contributed by atoms with Gasteiger partial charge in [-0.2, -0.15) is 5.10 Å². The maximum atomic E-state index is 13.2. The number of carbonyl (C=O) groups is 2. The molecule has 1 aliphatic rings. The number of H-pyrrole nitrogens is 1. The number of benzene rings is 3. The van der Waals surface area contributed by atoms with Crippen LogP contribution < -0.4 is 10.2 Å². The number of hydrogen-bond donors (Lipinski definition) is 2. The van der Waals surface area contributed by atoms with Gasteiger partial charge in [0.05, 0.1) is 31.7 Å². The topological polar surface area (TPSA) is 101 Å². The molecule has 10 heteroatoms. The Kier molecular flexibility index (Phi) is 8.76. The smallest absolute Gasteiger partial charge is 0.328 e. The van der Waals surface area contributed by atoms with E-state index >= 15 is 0 Å². The van der Waals surface area contributed by atoms with Crippen molar-refractivity contribution in [2.45, 2.75) is 12.5 Å². The van der Waals surface area contributed by atoms with E-state index in [2.05, 4.69) is 27.3 Å². The van der Waals surface area contributed by atoms with Crippen LogP contribution in [0.2, 0.25) is 5.02 Å². The van der Waals surface area contributed by atoms with Crippen LogP contribution in [0.25, 0.3) is 33.9 Å². The lowest BCUT2D eigenvalue weighted by molar-refractivity contribution is -0.144. The van der Waals surface area contributed by atoms with E-state index in [0.29, 0.717) is 23.9 Å². The molecule has 0 saturated carbocycles. The van der Waals surface area contributed by atoms with Crippen LogP contribution in [0.5, 0.6) is 0 Å².